The smallest absolute Gasteiger partial charge is 0.224 e. The van der Waals surface area contributed by atoms with Gasteiger partial charge in [-0.25, -0.2) is 0 Å². The molecule has 0 fully saturated rings. The van der Waals surface area contributed by atoms with E-state index in [1.807, 2.05) is 31.2 Å². The molecule has 2 atom stereocenters. The van der Waals surface area contributed by atoms with Gasteiger partial charge in [-0.1, -0.05) is 32.4 Å². The van der Waals surface area contributed by atoms with Crippen molar-refractivity contribution in [1.29, 1.82) is 0 Å². The normalized spacial score (nSPS) is 14.1. The summed E-state index contributed by atoms with van der Waals surface area (Å²) in [5.74, 6) is 0.493. The first-order valence-electron chi connectivity index (χ1n) is 6.18. The lowest BCUT2D eigenvalue weighted by atomic mass is 10.0. The maximum atomic E-state index is 11.7. The summed E-state index contributed by atoms with van der Waals surface area (Å²) in [7, 11) is 0. The molecular weight excluding hydrogens is 212 g/mol. The Hall–Kier alpha value is -1.35. The zero-order chi connectivity index (χ0) is 12.8. The molecule has 1 aromatic rings. The van der Waals surface area contributed by atoms with Crippen LogP contribution < -0.4 is 11.1 Å². The quantitative estimate of drug-likeness (QED) is 0.822. The molecule has 0 saturated carbocycles. The maximum absolute atomic E-state index is 11.7. The molecular formula is C14H22N2O. The molecule has 0 aliphatic heterocycles. The molecule has 0 radical (unpaired) electrons. The topological polar surface area (TPSA) is 55.1 Å². The third-order valence-corrected chi connectivity index (χ3v) is 2.93. The first-order valence-corrected chi connectivity index (χ1v) is 6.18. The lowest BCUT2D eigenvalue weighted by Crippen LogP contribution is -2.15. The van der Waals surface area contributed by atoms with Crippen LogP contribution in [-0.4, -0.2) is 5.91 Å². The van der Waals surface area contributed by atoms with Crippen molar-refractivity contribution in [2.45, 2.75) is 39.7 Å². The molecule has 3 heteroatoms. The highest BCUT2D eigenvalue weighted by Gasteiger charge is 2.08. The lowest BCUT2D eigenvalue weighted by Gasteiger charge is -2.11. The third kappa shape index (κ3) is 4.57. The van der Waals surface area contributed by atoms with Crippen molar-refractivity contribution in [3.8, 4) is 0 Å². The largest absolute Gasteiger partial charge is 0.326 e. The van der Waals surface area contributed by atoms with E-state index in [2.05, 4.69) is 19.2 Å². The van der Waals surface area contributed by atoms with E-state index in [1.165, 1.54) is 0 Å². The average Bonchev–Trinajstić information content (AvgIpc) is 2.28. The summed E-state index contributed by atoms with van der Waals surface area (Å²) in [6.07, 6.45) is 1.59. The van der Waals surface area contributed by atoms with E-state index in [1.54, 1.807) is 0 Å². The van der Waals surface area contributed by atoms with Crippen LogP contribution in [0, 0.1) is 5.92 Å². The van der Waals surface area contributed by atoms with E-state index < -0.39 is 0 Å². The summed E-state index contributed by atoms with van der Waals surface area (Å²) < 4.78 is 0. The number of carbonyl (C=O) groups is 1. The third-order valence-electron chi connectivity index (χ3n) is 2.93. The molecule has 0 bridgehead atoms. The number of nitrogens with two attached hydrogens (primary N) is 1. The van der Waals surface area contributed by atoms with Crippen LogP contribution in [0.2, 0.25) is 0 Å². The van der Waals surface area contributed by atoms with Gasteiger partial charge in [0.05, 0.1) is 0 Å². The molecule has 0 heterocycles. The van der Waals surface area contributed by atoms with Crippen LogP contribution in [0.5, 0.6) is 0 Å². The Labute approximate surface area is 103 Å². The minimum atomic E-state index is -0.0126. The van der Waals surface area contributed by atoms with Gasteiger partial charge < -0.3 is 11.1 Å². The monoisotopic (exact) mass is 234 g/mol. The number of amides is 1. The van der Waals surface area contributed by atoms with Gasteiger partial charge in [0.15, 0.2) is 0 Å². The number of benzene rings is 1. The van der Waals surface area contributed by atoms with E-state index >= 15 is 0 Å². The standard InChI is InChI=1S/C14H22N2O/c1-4-10(2)8-14(17)16-13-7-5-6-12(9-13)11(3)15/h5-7,9-11H,4,8,15H2,1-3H3,(H,16,17). The Kier molecular flexibility index (Phi) is 5.16. The van der Waals surface area contributed by atoms with Crippen LogP contribution in [-0.2, 0) is 4.79 Å². The van der Waals surface area contributed by atoms with Gasteiger partial charge in [-0.2, -0.15) is 0 Å². The summed E-state index contributed by atoms with van der Waals surface area (Å²) in [6, 6.07) is 7.69. The summed E-state index contributed by atoms with van der Waals surface area (Å²) in [5, 5.41) is 2.91. The molecule has 3 nitrogen and oxygen atoms in total. The number of carbonyl (C=O) groups excluding carboxylic acids is 1. The Morgan fingerprint density at radius 3 is 2.71 bits per heavy atom. The van der Waals surface area contributed by atoms with Gasteiger partial charge >= 0.3 is 0 Å². The minimum Gasteiger partial charge on any atom is -0.326 e. The highest BCUT2D eigenvalue weighted by molar-refractivity contribution is 5.90. The fourth-order valence-electron chi connectivity index (χ4n) is 1.57. The van der Waals surface area contributed by atoms with E-state index in [9.17, 15) is 4.79 Å². The first kappa shape index (κ1) is 13.7. The maximum Gasteiger partial charge on any atom is 0.224 e. The molecule has 3 N–H and O–H groups in total. The minimum absolute atomic E-state index is 0.0126. The fourth-order valence-corrected chi connectivity index (χ4v) is 1.57. The van der Waals surface area contributed by atoms with Gasteiger partial charge in [0.2, 0.25) is 5.91 Å². The number of hydrogen-bond acceptors (Lipinski definition) is 2. The molecule has 0 aliphatic carbocycles. The van der Waals surface area contributed by atoms with Crippen LogP contribution in [0.4, 0.5) is 5.69 Å². The van der Waals surface area contributed by atoms with Gasteiger partial charge in [-0.15, -0.1) is 0 Å². The van der Waals surface area contributed by atoms with Gasteiger partial charge in [-0.05, 0) is 30.5 Å². The Balaban J connectivity index is 2.62. The molecule has 1 rings (SSSR count). The van der Waals surface area contributed by atoms with Crippen LogP contribution in [0.3, 0.4) is 0 Å². The molecule has 0 aromatic heterocycles. The Morgan fingerprint density at radius 2 is 2.12 bits per heavy atom. The van der Waals surface area contributed by atoms with E-state index in [-0.39, 0.29) is 11.9 Å². The molecule has 2 unspecified atom stereocenters. The van der Waals surface area contributed by atoms with Crippen molar-refractivity contribution >= 4 is 11.6 Å². The average molecular weight is 234 g/mol. The summed E-state index contributed by atoms with van der Waals surface area (Å²) in [4.78, 5) is 11.7. The van der Waals surface area contributed by atoms with Crippen molar-refractivity contribution < 1.29 is 4.79 Å². The predicted octanol–water partition coefficient (Wildman–Crippen LogP) is 3.08. The van der Waals surface area contributed by atoms with E-state index in [0.29, 0.717) is 12.3 Å². The Morgan fingerprint density at radius 1 is 1.41 bits per heavy atom. The second-order valence-electron chi connectivity index (χ2n) is 4.68. The van der Waals surface area contributed by atoms with Crippen molar-refractivity contribution in [3.05, 3.63) is 29.8 Å². The van der Waals surface area contributed by atoms with E-state index in [0.717, 1.165) is 17.7 Å². The number of hydrogen-bond donors (Lipinski definition) is 2. The van der Waals surface area contributed by atoms with Gasteiger partial charge in [0, 0.05) is 18.2 Å². The summed E-state index contributed by atoms with van der Waals surface area (Å²) in [6.45, 7) is 6.10. The van der Waals surface area contributed by atoms with Crippen LogP contribution in [0.1, 0.15) is 45.2 Å². The second-order valence-corrected chi connectivity index (χ2v) is 4.68. The molecule has 1 aromatic carbocycles. The van der Waals surface area contributed by atoms with Crippen LogP contribution >= 0.6 is 0 Å². The molecule has 0 spiro atoms. The highest BCUT2D eigenvalue weighted by atomic mass is 16.1. The van der Waals surface area contributed by atoms with Crippen molar-refractivity contribution in [2.24, 2.45) is 11.7 Å². The molecule has 17 heavy (non-hydrogen) atoms. The van der Waals surface area contributed by atoms with Crippen molar-refractivity contribution in [3.63, 3.8) is 0 Å². The Bertz CT molecular complexity index is 374. The SMILES string of the molecule is CCC(C)CC(=O)Nc1cccc(C(C)N)c1. The van der Waals surface area contributed by atoms with E-state index in [4.69, 9.17) is 5.73 Å². The highest BCUT2D eigenvalue weighted by Crippen LogP contribution is 2.16. The van der Waals surface area contributed by atoms with Crippen LogP contribution in [0.25, 0.3) is 0 Å². The van der Waals surface area contributed by atoms with Gasteiger partial charge in [0.25, 0.3) is 0 Å². The molecule has 0 aliphatic rings. The summed E-state index contributed by atoms with van der Waals surface area (Å²) >= 11 is 0. The first-order chi connectivity index (χ1) is 8.02. The van der Waals surface area contributed by atoms with Crippen molar-refractivity contribution in [1.82, 2.24) is 0 Å². The predicted molar refractivity (Wildman–Crippen MR) is 71.7 cm³/mol. The van der Waals surface area contributed by atoms with Crippen molar-refractivity contribution in [2.75, 3.05) is 5.32 Å². The molecule has 94 valence electrons. The fraction of sp³-hybridized carbons (Fsp3) is 0.500. The molecule has 0 saturated heterocycles. The lowest BCUT2D eigenvalue weighted by molar-refractivity contribution is -0.117. The van der Waals surface area contributed by atoms with Gasteiger partial charge in [-0.3, -0.25) is 4.79 Å². The second kappa shape index (κ2) is 6.40. The van der Waals surface area contributed by atoms with Crippen LogP contribution in [0.15, 0.2) is 24.3 Å². The number of nitrogens with one attached hydrogen (secondary N) is 1. The van der Waals surface area contributed by atoms with Gasteiger partial charge in [0.1, 0.15) is 0 Å². The zero-order valence-electron chi connectivity index (χ0n) is 10.9. The number of anilines is 1. The molecule has 1 amide bonds. The zero-order valence-corrected chi connectivity index (χ0v) is 10.9. The summed E-state index contributed by atoms with van der Waals surface area (Å²) in [5.41, 5.74) is 7.66. The number of rotatable bonds is 5.